The number of thiophene rings is 1. The van der Waals surface area contributed by atoms with Crippen molar-refractivity contribution in [2.45, 2.75) is 19.4 Å². The zero-order chi connectivity index (χ0) is 24.4. The Morgan fingerprint density at radius 3 is 2.66 bits per heavy atom. The van der Waals surface area contributed by atoms with Crippen LogP contribution in [0.4, 0.5) is 0 Å². The van der Waals surface area contributed by atoms with E-state index in [1.807, 2.05) is 73.0 Å². The van der Waals surface area contributed by atoms with Crippen molar-refractivity contribution in [2.24, 2.45) is 5.10 Å². The van der Waals surface area contributed by atoms with Crippen molar-refractivity contribution in [2.75, 3.05) is 20.8 Å². The molecule has 1 unspecified atom stereocenters. The summed E-state index contributed by atoms with van der Waals surface area (Å²) < 4.78 is 16.8. The highest BCUT2D eigenvalue weighted by Gasteiger charge is 2.34. The summed E-state index contributed by atoms with van der Waals surface area (Å²) in [5.74, 6) is 1.58. The molecule has 2 aromatic carbocycles. The minimum atomic E-state index is -0.282. The number of hydrogen-bond acceptors (Lipinski definition) is 7. The van der Waals surface area contributed by atoms with Crippen LogP contribution in [0.2, 0.25) is 0 Å². The number of pyridine rings is 1. The number of nitrogens with zero attached hydrogens (tertiary/aromatic N) is 3. The van der Waals surface area contributed by atoms with Gasteiger partial charge in [-0.2, -0.15) is 5.10 Å². The first-order valence-electron chi connectivity index (χ1n) is 11.2. The van der Waals surface area contributed by atoms with Crippen molar-refractivity contribution in [1.29, 1.82) is 0 Å². The van der Waals surface area contributed by atoms with Gasteiger partial charge in [-0.05, 0) is 48.2 Å². The maximum Gasteiger partial charge on any atom is 0.281 e. The molecular formula is C27H25N3O4S. The fraction of sp³-hybridized carbons (Fsp3) is 0.222. The molecule has 2 aromatic heterocycles. The molecule has 0 bridgehead atoms. The van der Waals surface area contributed by atoms with Gasteiger partial charge in [-0.3, -0.25) is 4.79 Å². The van der Waals surface area contributed by atoms with Crippen molar-refractivity contribution in [3.05, 3.63) is 82.2 Å². The number of fused-ring (bicyclic) bond motifs is 1. The minimum Gasteiger partial charge on any atom is -0.493 e. The summed E-state index contributed by atoms with van der Waals surface area (Å²) in [6, 6.07) is 19.1. The van der Waals surface area contributed by atoms with Gasteiger partial charge in [0.15, 0.2) is 18.1 Å². The predicted octanol–water partition coefficient (Wildman–Crippen LogP) is 5.38. The molecule has 1 amide bonds. The van der Waals surface area contributed by atoms with E-state index in [-0.39, 0.29) is 18.6 Å². The van der Waals surface area contributed by atoms with E-state index in [4.69, 9.17) is 19.3 Å². The third-order valence-corrected chi connectivity index (χ3v) is 6.86. The first kappa shape index (κ1) is 22.9. The second kappa shape index (κ2) is 9.76. The molecule has 1 aliphatic heterocycles. The molecule has 1 aliphatic rings. The molecule has 178 valence electrons. The van der Waals surface area contributed by atoms with Crippen molar-refractivity contribution in [3.8, 4) is 17.2 Å². The normalized spacial score (nSPS) is 15.2. The second-order valence-electron chi connectivity index (χ2n) is 8.17. The zero-order valence-corrected chi connectivity index (χ0v) is 20.5. The Bertz CT molecular complexity index is 1400. The number of hydrazone groups is 1. The maximum absolute atomic E-state index is 13.4. The fourth-order valence-corrected chi connectivity index (χ4v) is 4.91. The molecule has 8 heteroatoms. The summed E-state index contributed by atoms with van der Waals surface area (Å²) in [7, 11) is 3.20. The van der Waals surface area contributed by atoms with Gasteiger partial charge in [0.05, 0.1) is 30.9 Å². The van der Waals surface area contributed by atoms with Crippen LogP contribution in [0.5, 0.6) is 17.2 Å². The first-order valence-corrected chi connectivity index (χ1v) is 12.1. The molecule has 4 aromatic rings. The summed E-state index contributed by atoms with van der Waals surface area (Å²) in [6.45, 7) is 1.78. The Hall–Kier alpha value is -3.91. The van der Waals surface area contributed by atoms with Crippen LogP contribution in [0.3, 0.4) is 0 Å². The van der Waals surface area contributed by atoms with Crippen LogP contribution in [-0.4, -0.2) is 42.4 Å². The van der Waals surface area contributed by atoms with Crippen molar-refractivity contribution >= 4 is 33.9 Å². The number of aromatic nitrogens is 1. The second-order valence-corrected chi connectivity index (χ2v) is 9.11. The van der Waals surface area contributed by atoms with Gasteiger partial charge in [0.2, 0.25) is 0 Å². The summed E-state index contributed by atoms with van der Waals surface area (Å²) in [6.07, 6.45) is 0.594. The van der Waals surface area contributed by atoms with E-state index >= 15 is 0 Å². The molecule has 7 nitrogen and oxygen atoms in total. The number of para-hydroxylation sites is 1. The number of carbonyl (C=O) groups is 1. The molecule has 0 aliphatic carbocycles. The van der Waals surface area contributed by atoms with Gasteiger partial charge < -0.3 is 14.2 Å². The summed E-state index contributed by atoms with van der Waals surface area (Å²) in [4.78, 5) is 19.1. The number of carbonyl (C=O) groups excluding carboxylic acids is 1. The number of benzene rings is 2. The van der Waals surface area contributed by atoms with E-state index < -0.39 is 0 Å². The van der Waals surface area contributed by atoms with Crippen LogP contribution in [0.1, 0.15) is 28.6 Å². The van der Waals surface area contributed by atoms with Crippen LogP contribution >= 0.6 is 11.3 Å². The SMILES string of the molecule is COc1ccc(C2CC(c3cccs3)=NN2C(=O)COc2cccc3ccc(C)nc23)cc1OC. The predicted molar refractivity (Wildman–Crippen MR) is 137 cm³/mol. The lowest BCUT2D eigenvalue weighted by molar-refractivity contribution is -0.135. The number of methoxy groups -OCH3 is 2. The topological polar surface area (TPSA) is 73.2 Å². The third kappa shape index (κ3) is 4.57. The van der Waals surface area contributed by atoms with Crippen LogP contribution in [0.15, 0.2) is 71.1 Å². The molecule has 3 heterocycles. The Morgan fingerprint density at radius 1 is 1.03 bits per heavy atom. The molecule has 35 heavy (non-hydrogen) atoms. The number of rotatable bonds is 7. The lowest BCUT2D eigenvalue weighted by atomic mass is 10.0. The van der Waals surface area contributed by atoms with Crippen molar-refractivity contribution < 1.29 is 19.0 Å². The highest BCUT2D eigenvalue weighted by atomic mass is 32.1. The largest absolute Gasteiger partial charge is 0.493 e. The van der Waals surface area contributed by atoms with Gasteiger partial charge in [-0.1, -0.05) is 30.3 Å². The summed E-state index contributed by atoms with van der Waals surface area (Å²) >= 11 is 1.60. The van der Waals surface area contributed by atoms with E-state index in [0.717, 1.165) is 32.7 Å². The van der Waals surface area contributed by atoms with Gasteiger partial charge in [0.25, 0.3) is 5.91 Å². The standard InChI is InChI=1S/C27H25N3O4S/c1-17-9-10-18-6-4-7-23(27(18)28-17)34-16-26(31)30-21(15-20(29-30)25-8-5-13-35-25)19-11-12-22(32-2)24(14-19)33-3/h4-14,21H,15-16H2,1-3H3. The molecule has 0 radical (unpaired) electrons. The fourth-order valence-electron chi connectivity index (χ4n) is 4.19. The van der Waals surface area contributed by atoms with Gasteiger partial charge >= 0.3 is 0 Å². The van der Waals surface area contributed by atoms with Crippen LogP contribution < -0.4 is 14.2 Å². The number of aryl methyl sites for hydroxylation is 1. The highest BCUT2D eigenvalue weighted by Crippen LogP contribution is 2.38. The summed E-state index contributed by atoms with van der Waals surface area (Å²) in [5.41, 5.74) is 3.41. The van der Waals surface area contributed by atoms with Gasteiger partial charge in [-0.25, -0.2) is 9.99 Å². The average Bonchev–Trinajstić information content (AvgIpc) is 3.57. The minimum absolute atomic E-state index is 0.153. The third-order valence-electron chi connectivity index (χ3n) is 5.94. The van der Waals surface area contributed by atoms with E-state index in [9.17, 15) is 4.79 Å². The maximum atomic E-state index is 13.4. The molecule has 0 N–H and O–H groups in total. The lowest BCUT2D eigenvalue weighted by Crippen LogP contribution is -2.31. The van der Waals surface area contributed by atoms with Gasteiger partial charge in [0, 0.05) is 17.5 Å². The lowest BCUT2D eigenvalue weighted by Gasteiger charge is -2.23. The smallest absolute Gasteiger partial charge is 0.281 e. The Balaban J connectivity index is 1.43. The van der Waals surface area contributed by atoms with E-state index in [1.54, 1.807) is 25.6 Å². The number of hydrogen-bond donors (Lipinski definition) is 0. The Kier molecular flexibility index (Phi) is 6.37. The van der Waals surface area contributed by atoms with E-state index in [1.165, 1.54) is 5.01 Å². The first-order chi connectivity index (χ1) is 17.1. The van der Waals surface area contributed by atoms with Crippen molar-refractivity contribution in [1.82, 2.24) is 9.99 Å². The quantitative estimate of drug-likeness (QED) is 0.350. The number of amides is 1. The average molecular weight is 488 g/mol. The number of ether oxygens (including phenoxy) is 3. The Labute approximate surface area is 207 Å². The highest BCUT2D eigenvalue weighted by molar-refractivity contribution is 7.12. The molecule has 1 atom stereocenters. The molecule has 5 rings (SSSR count). The van der Waals surface area contributed by atoms with Crippen LogP contribution in [0.25, 0.3) is 10.9 Å². The van der Waals surface area contributed by atoms with Crippen LogP contribution in [-0.2, 0) is 4.79 Å². The zero-order valence-electron chi connectivity index (χ0n) is 19.7. The monoisotopic (exact) mass is 487 g/mol. The van der Waals surface area contributed by atoms with E-state index in [0.29, 0.717) is 23.7 Å². The molecule has 0 fully saturated rings. The van der Waals surface area contributed by atoms with Gasteiger partial charge in [0.1, 0.15) is 11.3 Å². The Morgan fingerprint density at radius 2 is 1.89 bits per heavy atom. The molecule has 0 spiro atoms. The van der Waals surface area contributed by atoms with Gasteiger partial charge in [-0.15, -0.1) is 11.3 Å². The van der Waals surface area contributed by atoms with Crippen molar-refractivity contribution in [3.63, 3.8) is 0 Å². The molecule has 0 saturated heterocycles. The molecular weight excluding hydrogens is 462 g/mol. The van der Waals surface area contributed by atoms with Crippen LogP contribution in [0, 0.1) is 6.92 Å². The summed E-state index contributed by atoms with van der Waals surface area (Å²) in [5, 5.41) is 9.21. The van der Waals surface area contributed by atoms with E-state index in [2.05, 4.69) is 4.98 Å². The molecule has 0 saturated carbocycles.